The Labute approximate surface area is 80.5 Å². The molecule has 0 saturated heterocycles. The first-order chi connectivity index (χ1) is 6.74. The van der Waals surface area contributed by atoms with Gasteiger partial charge in [0.25, 0.3) is 0 Å². The Morgan fingerprint density at radius 2 is 2.21 bits per heavy atom. The average Bonchev–Trinajstić information content (AvgIpc) is 2.26. The van der Waals surface area contributed by atoms with Crippen LogP contribution in [-0.4, -0.2) is 16.8 Å². The van der Waals surface area contributed by atoms with Gasteiger partial charge in [-0.2, -0.15) is 0 Å². The van der Waals surface area contributed by atoms with Gasteiger partial charge < -0.3 is 5.32 Å². The minimum atomic E-state index is -0.867. The fraction of sp³-hybridized carbons (Fsp3) is 0.125. The van der Waals surface area contributed by atoms with Gasteiger partial charge in [0.1, 0.15) is 0 Å². The largest absolute Gasteiger partial charge is 0.344 e. The molecule has 1 heterocycles. The second-order valence-corrected chi connectivity index (χ2v) is 2.52. The van der Waals surface area contributed by atoms with Gasteiger partial charge >= 0.3 is 11.8 Å². The molecule has 6 heteroatoms. The molecule has 0 aliphatic heterocycles. The number of nitrogens with two attached hydrogens (primary N) is 1. The lowest BCUT2D eigenvalue weighted by Crippen LogP contribution is -2.42. The summed E-state index contributed by atoms with van der Waals surface area (Å²) in [6.07, 6.45) is 3.22. The molecule has 0 aliphatic rings. The predicted octanol–water partition coefficient (Wildman–Crippen LogP) is -1.31. The van der Waals surface area contributed by atoms with Crippen molar-refractivity contribution in [1.82, 2.24) is 15.7 Å². The highest BCUT2D eigenvalue weighted by atomic mass is 16.2. The fourth-order valence-electron chi connectivity index (χ4n) is 0.831. The van der Waals surface area contributed by atoms with Crippen molar-refractivity contribution in [2.45, 2.75) is 6.54 Å². The number of nitrogens with zero attached hydrogens (tertiary/aromatic N) is 1. The Bertz CT molecular complexity index is 325. The van der Waals surface area contributed by atoms with Crippen LogP contribution in [0.3, 0.4) is 0 Å². The highest BCUT2D eigenvalue weighted by molar-refractivity contribution is 6.34. The average molecular weight is 194 g/mol. The lowest BCUT2D eigenvalue weighted by atomic mass is 10.3. The summed E-state index contributed by atoms with van der Waals surface area (Å²) in [5.41, 5.74) is 2.55. The second-order valence-electron chi connectivity index (χ2n) is 2.52. The Balaban J connectivity index is 2.42. The molecule has 0 unspecified atom stereocenters. The molecule has 2 amide bonds. The van der Waals surface area contributed by atoms with Crippen molar-refractivity contribution in [3.63, 3.8) is 0 Å². The SMILES string of the molecule is NNC(=O)C(=O)NCc1cccnc1. The van der Waals surface area contributed by atoms with Gasteiger partial charge in [0.15, 0.2) is 0 Å². The van der Waals surface area contributed by atoms with Gasteiger partial charge in [-0.05, 0) is 11.6 Å². The minimum absolute atomic E-state index is 0.250. The van der Waals surface area contributed by atoms with Crippen molar-refractivity contribution in [2.24, 2.45) is 5.84 Å². The van der Waals surface area contributed by atoms with Crippen molar-refractivity contribution in [3.05, 3.63) is 30.1 Å². The molecule has 0 aliphatic carbocycles. The zero-order valence-corrected chi connectivity index (χ0v) is 7.36. The van der Waals surface area contributed by atoms with Crippen LogP contribution in [-0.2, 0) is 16.1 Å². The maximum absolute atomic E-state index is 10.9. The number of amides is 2. The number of aromatic nitrogens is 1. The van der Waals surface area contributed by atoms with Crippen LogP contribution in [0.1, 0.15) is 5.56 Å². The monoisotopic (exact) mass is 194 g/mol. The standard InChI is InChI=1S/C8H10N4O2/c9-12-8(14)7(13)11-5-6-2-1-3-10-4-6/h1-4H,5,9H2,(H,11,13)(H,12,14). The van der Waals surface area contributed by atoms with Crippen LogP contribution < -0.4 is 16.6 Å². The lowest BCUT2D eigenvalue weighted by Gasteiger charge is -2.02. The lowest BCUT2D eigenvalue weighted by molar-refractivity contribution is -0.139. The molecule has 74 valence electrons. The Morgan fingerprint density at radius 1 is 1.43 bits per heavy atom. The normalized spacial score (nSPS) is 9.21. The number of carbonyl (C=O) groups is 2. The van der Waals surface area contributed by atoms with Crippen LogP contribution in [0.2, 0.25) is 0 Å². The Morgan fingerprint density at radius 3 is 2.79 bits per heavy atom. The van der Waals surface area contributed by atoms with Crippen LogP contribution in [0.15, 0.2) is 24.5 Å². The Kier molecular flexibility index (Phi) is 3.57. The molecule has 4 N–H and O–H groups in total. The summed E-state index contributed by atoms with van der Waals surface area (Å²) in [5.74, 6) is 3.14. The predicted molar refractivity (Wildman–Crippen MR) is 48.4 cm³/mol. The highest BCUT2D eigenvalue weighted by Gasteiger charge is 2.10. The number of pyridine rings is 1. The zero-order chi connectivity index (χ0) is 10.4. The number of hydrogen-bond donors (Lipinski definition) is 3. The fourth-order valence-corrected chi connectivity index (χ4v) is 0.831. The van der Waals surface area contributed by atoms with E-state index in [-0.39, 0.29) is 6.54 Å². The van der Waals surface area contributed by atoms with Crippen molar-refractivity contribution in [1.29, 1.82) is 0 Å². The molecule has 6 nitrogen and oxygen atoms in total. The van der Waals surface area contributed by atoms with E-state index in [1.54, 1.807) is 30.0 Å². The van der Waals surface area contributed by atoms with Crippen LogP contribution in [0, 0.1) is 0 Å². The van der Waals surface area contributed by atoms with Crippen molar-refractivity contribution >= 4 is 11.8 Å². The van der Waals surface area contributed by atoms with Gasteiger partial charge in [0.05, 0.1) is 0 Å². The van der Waals surface area contributed by atoms with Gasteiger partial charge in [-0.3, -0.25) is 20.0 Å². The molecule has 0 atom stereocenters. The van der Waals surface area contributed by atoms with Gasteiger partial charge in [-0.15, -0.1) is 0 Å². The first-order valence-electron chi connectivity index (χ1n) is 3.91. The second kappa shape index (κ2) is 4.93. The molecule has 0 saturated carbocycles. The number of carbonyl (C=O) groups excluding carboxylic acids is 2. The molecule has 1 rings (SSSR count). The van der Waals surface area contributed by atoms with Gasteiger partial charge in [-0.1, -0.05) is 6.07 Å². The van der Waals surface area contributed by atoms with E-state index in [0.29, 0.717) is 0 Å². The van der Waals surface area contributed by atoms with E-state index in [1.807, 2.05) is 0 Å². The summed E-state index contributed by atoms with van der Waals surface area (Å²) in [7, 11) is 0. The zero-order valence-electron chi connectivity index (χ0n) is 7.36. The molecule has 1 aromatic rings. The summed E-state index contributed by atoms with van der Waals surface area (Å²) in [4.78, 5) is 25.4. The topological polar surface area (TPSA) is 97.1 Å². The summed E-state index contributed by atoms with van der Waals surface area (Å²) < 4.78 is 0. The van der Waals surface area contributed by atoms with Crippen molar-refractivity contribution in [3.8, 4) is 0 Å². The van der Waals surface area contributed by atoms with E-state index < -0.39 is 11.8 Å². The van der Waals surface area contributed by atoms with E-state index >= 15 is 0 Å². The molecule has 1 aromatic heterocycles. The molecule has 0 fully saturated rings. The highest BCUT2D eigenvalue weighted by Crippen LogP contribution is 1.93. The van der Waals surface area contributed by atoms with E-state index in [0.717, 1.165) is 5.56 Å². The van der Waals surface area contributed by atoms with Gasteiger partial charge in [0, 0.05) is 18.9 Å². The third-order valence-corrected chi connectivity index (χ3v) is 1.51. The van der Waals surface area contributed by atoms with E-state index in [2.05, 4.69) is 10.3 Å². The van der Waals surface area contributed by atoms with E-state index in [1.165, 1.54) is 0 Å². The van der Waals surface area contributed by atoms with Crippen LogP contribution >= 0.6 is 0 Å². The molecule has 14 heavy (non-hydrogen) atoms. The minimum Gasteiger partial charge on any atom is -0.344 e. The number of nitrogens with one attached hydrogen (secondary N) is 2. The molecular formula is C8H10N4O2. The van der Waals surface area contributed by atoms with Crippen LogP contribution in [0.25, 0.3) is 0 Å². The van der Waals surface area contributed by atoms with Crippen molar-refractivity contribution < 1.29 is 9.59 Å². The first-order valence-corrected chi connectivity index (χ1v) is 3.91. The summed E-state index contributed by atoms with van der Waals surface area (Å²) >= 11 is 0. The van der Waals surface area contributed by atoms with Crippen molar-refractivity contribution in [2.75, 3.05) is 0 Å². The summed E-state index contributed by atoms with van der Waals surface area (Å²) in [6.45, 7) is 0.250. The molecule has 0 spiro atoms. The molecule has 0 aromatic carbocycles. The molecule has 0 radical (unpaired) electrons. The maximum atomic E-state index is 10.9. The molecule has 0 bridgehead atoms. The van der Waals surface area contributed by atoms with Gasteiger partial charge in [0.2, 0.25) is 0 Å². The van der Waals surface area contributed by atoms with Gasteiger partial charge in [-0.25, -0.2) is 5.84 Å². The molecular weight excluding hydrogens is 184 g/mol. The smallest absolute Gasteiger partial charge is 0.323 e. The van der Waals surface area contributed by atoms with Crippen LogP contribution in [0.5, 0.6) is 0 Å². The number of hydrazine groups is 1. The van der Waals surface area contributed by atoms with E-state index in [4.69, 9.17) is 5.84 Å². The maximum Gasteiger partial charge on any atom is 0.323 e. The van der Waals surface area contributed by atoms with Crippen LogP contribution in [0.4, 0.5) is 0 Å². The summed E-state index contributed by atoms with van der Waals surface area (Å²) in [6, 6.07) is 3.53. The third-order valence-electron chi connectivity index (χ3n) is 1.51. The number of hydrogen-bond acceptors (Lipinski definition) is 4. The summed E-state index contributed by atoms with van der Waals surface area (Å²) in [5, 5.41) is 2.38. The van der Waals surface area contributed by atoms with E-state index in [9.17, 15) is 9.59 Å². The third kappa shape index (κ3) is 2.83. The quantitative estimate of drug-likeness (QED) is 0.235. The number of rotatable bonds is 2. The first kappa shape index (κ1) is 10.1. The Hall–Kier alpha value is -1.95.